The van der Waals surface area contributed by atoms with Gasteiger partial charge in [-0.25, -0.2) is 0 Å². The lowest BCUT2D eigenvalue weighted by molar-refractivity contribution is 0.1000. The fraction of sp³-hybridized carbons (Fsp3) is 0.818. The van der Waals surface area contributed by atoms with Crippen molar-refractivity contribution in [2.45, 2.75) is 43.2 Å². The number of nitrogens with two attached hydrogens (primary N) is 1. The van der Waals surface area contributed by atoms with Crippen molar-refractivity contribution in [1.82, 2.24) is 10.1 Å². The Bertz CT molecular complexity index is 356. The average molecular weight is 257 g/mol. The zero-order valence-corrected chi connectivity index (χ0v) is 11.1. The summed E-state index contributed by atoms with van der Waals surface area (Å²) >= 11 is 1.86. The molecule has 1 aliphatic heterocycles. The van der Waals surface area contributed by atoms with E-state index in [0.29, 0.717) is 17.0 Å². The van der Waals surface area contributed by atoms with Crippen LogP contribution < -0.4 is 5.73 Å². The summed E-state index contributed by atoms with van der Waals surface area (Å²) in [5.74, 6) is 1.99. The highest BCUT2D eigenvalue weighted by molar-refractivity contribution is 7.99. The number of thioether (sulfide) groups is 1. The molecule has 0 bridgehead atoms. The van der Waals surface area contributed by atoms with Gasteiger partial charge in [-0.2, -0.15) is 4.98 Å². The van der Waals surface area contributed by atoms with Crippen molar-refractivity contribution in [2.75, 3.05) is 13.2 Å². The van der Waals surface area contributed by atoms with Crippen molar-refractivity contribution < 1.29 is 9.26 Å². The zero-order valence-electron chi connectivity index (χ0n) is 10.3. The number of nitrogens with zero attached hydrogens (tertiary/aromatic N) is 2. The van der Waals surface area contributed by atoms with Crippen molar-refractivity contribution in [2.24, 2.45) is 5.73 Å². The second-order valence-corrected chi connectivity index (χ2v) is 6.14. The maximum Gasteiger partial charge on any atom is 0.236 e. The van der Waals surface area contributed by atoms with Crippen molar-refractivity contribution in [3.05, 3.63) is 11.7 Å². The Hall–Kier alpha value is -0.590. The van der Waals surface area contributed by atoms with Crippen LogP contribution in [0.1, 0.15) is 38.4 Å². The zero-order chi connectivity index (χ0) is 12.3. The first-order valence-corrected chi connectivity index (χ1v) is 6.92. The van der Waals surface area contributed by atoms with Crippen molar-refractivity contribution in [3.8, 4) is 0 Å². The molecular weight excluding hydrogens is 238 g/mol. The number of hydrogen-bond donors (Lipinski definition) is 1. The molecule has 0 saturated carbocycles. The third-order valence-electron chi connectivity index (χ3n) is 2.66. The Balaban J connectivity index is 1.84. The van der Waals surface area contributed by atoms with Crippen LogP contribution in [0.3, 0.4) is 0 Å². The molecule has 0 spiro atoms. The smallest absolute Gasteiger partial charge is 0.236 e. The fourth-order valence-corrected chi connectivity index (χ4v) is 2.63. The lowest BCUT2D eigenvalue weighted by Crippen LogP contribution is -2.30. The lowest BCUT2D eigenvalue weighted by Gasteiger charge is -2.20. The largest absolute Gasteiger partial charge is 0.381 e. The number of aromatic nitrogens is 2. The first-order valence-electron chi connectivity index (χ1n) is 5.87. The number of hydrogen-bond acceptors (Lipinski definition) is 6. The molecule has 96 valence electrons. The van der Waals surface area contributed by atoms with Gasteiger partial charge in [0.1, 0.15) is 0 Å². The van der Waals surface area contributed by atoms with Gasteiger partial charge in [-0.3, -0.25) is 0 Å². The van der Waals surface area contributed by atoms with Gasteiger partial charge in [0.2, 0.25) is 5.89 Å². The Morgan fingerprint density at radius 1 is 1.41 bits per heavy atom. The van der Waals surface area contributed by atoms with Crippen LogP contribution in [-0.4, -0.2) is 28.6 Å². The molecule has 17 heavy (non-hydrogen) atoms. The van der Waals surface area contributed by atoms with Crippen LogP contribution in [0.4, 0.5) is 0 Å². The summed E-state index contributed by atoms with van der Waals surface area (Å²) < 4.78 is 10.5. The number of ether oxygens (including phenoxy) is 1. The monoisotopic (exact) mass is 257 g/mol. The minimum atomic E-state index is -0.537. The molecule has 6 heteroatoms. The fourth-order valence-electron chi connectivity index (χ4n) is 1.61. The molecule has 0 atom stereocenters. The molecule has 5 nitrogen and oxygen atoms in total. The predicted molar refractivity (Wildman–Crippen MR) is 66.6 cm³/mol. The topological polar surface area (TPSA) is 74.2 Å². The summed E-state index contributed by atoms with van der Waals surface area (Å²) in [5.41, 5.74) is 5.36. The Kier molecular flexibility index (Phi) is 4.06. The number of rotatable bonds is 4. The molecule has 2 heterocycles. The van der Waals surface area contributed by atoms with E-state index in [2.05, 4.69) is 10.1 Å². The van der Waals surface area contributed by atoms with Gasteiger partial charge in [-0.15, -0.1) is 11.8 Å². The van der Waals surface area contributed by atoms with Gasteiger partial charge in [-0.05, 0) is 26.7 Å². The van der Waals surface area contributed by atoms with Crippen molar-refractivity contribution in [1.29, 1.82) is 0 Å². The highest BCUT2D eigenvalue weighted by Gasteiger charge is 2.22. The van der Waals surface area contributed by atoms with E-state index in [0.717, 1.165) is 31.8 Å². The molecule has 0 amide bonds. The molecule has 0 aromatic carbocycles. The van der Waals surface area contributed by atoms with Crippen molar-refractivity contribution >= 4 is 11.8 Å². The molecule has 1 aromatic rings. The van der Waals surface area contributed by atoms with Crippen LogP contribution in [0.25, 0.3) is 0 Å². The van der Waals surface area contributed by atoms with Gasteiger partial charge in [0.15, 0.2) is 5.82 Å². The third-order valence-corrected chi connectivity index (χ3v) is 4.01. The highest BCUT2D eigenvalue weighted by Crippen LogP contribution is 2.25. The standard InChI is InChI=1S/C11H19N3O2S/c1-11(2,12)10-13-9(16-14-10)7-17-8-3-5-15-6-4-8/h8H,3-7,12H2,1-2H3. The van der Waals surface area contributed by atoms with E-state index in [9.17, 15) is 0 Å². The van der Waals surface area contributed by atoms with E-state index in [1.165, 1.54) is 0 Å². The Labute approximate surface area is 105 Å². The van der Waals surface area contributed by atoms with Crippen LogP contribution in [0.5, 0.6) is 0 Å². The maximum absolute atomic E-state index is 5.90. The van der Waals surface area contributed by atoms with Gasteiger partial charge in [0, 0.05) is 18.5 Å². The minimum absolute atomic E-state index is 0.537. The summed E-state index contributed by atoms with van der Waals surface area (Å²) in [6.07, 6.45) is 2.21. The summed E-state index contributed by atoms with van der Waals surface area (Å²) in [6.45, 7) is 5.46. The van der Waals surface area contributed by atoms with E-state index in [1.54, 1.807) is 0 Å². The SMILES string of the molecule is CC(C)(N)c1noc(CSC2CCOCC2)n1. The predicted octanol–water partition coefficient (Wildman–Crippen LogP) is 1.68. The average Bonchev–Trinajstić information content (AvgIpc) is 2.76. The summed E-state index contributed by atoms with van der Waals surface area (Å²) in [5, 5.41) is 4.55. The molecule has 0 aliphatic carbocycles. The second-order valence-electron chi connectivity index (χ2n) is 4.86. The summed E-state index contributed by atoms with van der Waals surface area (Å²) in [7, 11) is 0. The Morgan fingerprint density at radius 3 is 2.71 bits per heavy atom. The molecular formula is C11H19N3O2S. The Morgan fingerprint density at radius 2 is 2.12 bits per heavy atom. The minimum Gasteiger partial charge on any atom is -0.381 e. The van der Waals surface area contributed by atoms with E-state index < -0.39 is 5.54 Å². The normalized spacial score (nSPS) is 18.5. The highest BCUT2D eigenvalue weighted by atomic mass is 32.2. The summed E-state index contributed by atoms with van der Waals surface area (Å²) in [4.78, 5) is 4.31. The molecule has 1 aliphatic rings. The van der Waals surface area contributed by atoms with E-state index in [4.69, 9.17) is 15.0 Å². The first-order chi connectivity index (χ1) is 8.05. The van der Waals surface area contributed by atoms with E-state index in [-0.39, 0.29) is 0 Å². The molecule has 0 radical (unpaired) electrons. The van der Waals surface area contributed by atoms with Gasteiger partial charge in [0.05, 0.1) is 11.3 Å². The van der Waals surface area contributed by atoms with Crippen LogP contribution in [0, 0.1) is 0 Å². The third kappa shape index (κ3) is 3.69. The van der Waals surface area contributed by atoms with Crippen LogP contribution in [0.2, 0.25) is 0 Å². The molecule has 1 fully saturated rings. The molecule has 1 aromatic heterocycles. The van der Waals surface area contributed by atoms with Gasteiger partial charge in [-0.1, -0.05) is 5.16 Å². The van der Waals surface area contributed by atoms with Gasteiger partial charge < -0.3 is 15.0 Å². The maximum atomic E-state index is 5.90. The molecule has 2 N–H and O–H groups in total. The molecule has 0 unspecified atom stereocenters. The molecule has 2 rings (SSSR count). The van der Waals surface area contributed by atoms with E-state index in [1.807, 2.05) is 25.6 Å². The van der Waals surface area contributed by atoms with Gasteiger partial charge in [0.25, 0.3) is 0 Å². The summed E-state index contributed by atoms with van der Waals surface area (Å²) in [6, 6.07) is 0. The van der Waals surface area contributed by atoms with Crippen LogP contribution >= 0.6 is 11.8 Å². The van der Waals surface area contributed by atoms with Gasteiger partial charge >= 0.3 is 0 Å². The van der Waals surface area contributed by atoms with E-state index >= 15 is 0 Å². The lowest BCUT2D eigenvalue weighted by atomic mass is 10.1. The molecule has 1 saturated heterocycles. The second kappa shape index (κ2) is 5.37. The first kappa shape index (κ1) is 12.9. The quantitative estimate of drug-likeness (QED) is 0.884. The van der Waals surface area contributed by atoms with Crippen molar-refractivity contribution in [3.63, 3.8) is 0 Å². The van der Waals surface area contributed by atoms with Crippen LogP contribution in [0.15, 0.2) is 4.52 Å². The van der Waals surface area contributed by atoms with Crippen LogP contribution in [-0.2, 0) is 16.0 Å².